The molecule has 0 aliphatic heterocycles. The molecule has 14 heavy (non-hydrogen) atoms. The second kappa shape index (κ2) is 3.52. The van der Waals surface area contributed by atoms with Crippen molar-refractivity contribution in [1.82, 2.24) is 14.8 Å². The average Bonchev–Trinajstić information content (AvgIpc) is 2.70. The topological polar surface area (TPSA) is 47.8 Å². The Morgan fingerprint density at radius 1 is 1.57 bits per heavy atom. The first-order chi connectivity index (χ1) is 6.66. The molecule has 0 saturated heterocycles. The molecule has 2 rings (SSSR count). The maximum Gasteiger partial charge on any atom is 0.153 e. The molecule has 1 fully saturated rings. The van der Waals surface area contributed by atoms with E-state index in [4.69, 9.17) is 0 Å². The normalized spacial score (nSPS) is 22.2. The predicted molar refractivity (Wildman–Crippen MR) is 52.0 cm³/mol. The summed E-state index contributed by atoms with van der Waals surface area (Å²) in [6.07, 6.45) is 3.99. The van der Waals surface area contributed by atoms with Gasteiger partial charge in [0.05, 0.1) is 6.04 Å². The molecule has 0 radical (unpaired) electrons. The maximum atomic E-state index is 11.1. The van der Waals surface area contributed by atoms with Gasteiger partial charge in [0.1, 0.15) is 12.1 Å². The van der Waals surface area contributed by atoms with Crippen molar-refractivity contribution in [2.24, 2.45) is 0 Å². The van der Waals surface area contributed by atoms with Crippen LogP contribution in [0, 0.1) is 0 Å². The molecule has 0 spiro atoms. The van der Waals surface area contributed by atoms with Gasteiger partial charge in [0.25, 0.3) is 0 Å². The lowest BCUT2D eigenvalue weighted by Crippen LogP contribution is -2.06. The summed E-state index contributed by atoms with van der Waals surface area (Å²) in [6, 6.07) is 0.252. The first-order valence-electron chi connectivity index (χ1n) is 5.09. The fraction of sp³-hybridized carbons (Fsp3) is 0.700. The number of aromatic nitrogens is 3. The van der Waals surface area contributed by atoms with Crippen LogP contribution < -0.4 is 0 Å². The Labute approximate surface area is 83.3 Å². The molecule has 4 heteroatoms. The molecule has 0 aromatic carbocycles. The minimum absolute atomic E-state index is 0.252. The molecule has 1 aromatic rings. The quantitative estimate of drug-likeness (QED) is 0.718. The van der Waals surface area contributed by atoms with E-state index in [-0.39, 0.29) is 6.04 Å². The summed E-state index contributed by atoms with van der Waals surface area (Å²) < 4.78 is 1.85. The highest BCUT2D eigenvalue weighted by atomic mass is 16.1. The van der Waals surface area contributed by atoms with Gasteiger partial charge in [-0.05, 0) is 6.42 Å². The van der Waals surface area contributed by atoms with Crippen molar-refractivity contribution in [3.63, 3.8) is 0 Å². The number of Topliss-reactive ketones (excluding diaryl/α,β-unsaturated/α-hetero) is 1. The molecule has 0 N–H and O–H groups in total. The Bertz CT molecular complexity index is 343. The summed E-state index contributed by atoms with van der Waals surface area (Å²) in [5.74, 6) is 1.56. The zero-order valence-electron chi connectivity index (χ0n) is 8.60. The second-order valence-corrected chi connectivity index (χ2v) is 4.17. The summed E-state index contributed by atoms with van der Waals surface area (Å²) in [7, 11) is 0. The number of rotatable bonds is 2. The van der Waals surface area contributed by atoms with E-state index in [2.05, 4.69) is 23.9 Å². The van der Waals surface area contributed by atoms with Gasteiger partial charge in [-0.1, -0.05) is 13.8 Å². The van der Waals surface area contributed by atoms with E-state index in [1.807, 2.05) is 4.68 Å². The van der Waals surface area contributed by atoms with Crippen molar-refractivity contribution in [3.05, 3.63) is 12.2 Å². The van der Waals surface area contributed by atoms with Gasteiger partial charge in [0.15, 0.2) is 5.82 Å². The fourth-order valence-corrected chi connectivity index (χ4v) is 1.75. The van der Waals surface area contributed by atoms with E-state index in [9.17, 15) is 4.79 Å². The van der Waals surface area contributed by atoms with Gasteiger partial charge >= 0.3 is 0 Å². The first kappa shape index (κ1) is 9.37. The Balaban J connectivity index is 2.13. The number of hydrogen-bond donors (Lipinski definition) is 0. The van der Waals surface area contributed by atoms with Crippen molar-refractivity contribution >= 4 is 5.78 Å². The monoisotopic (exact) mass is 193 g/mol. The highest BCUT2D eigenvalue weighted by molar-refractivity contribution is 5.80. The summed E-state index contributed by atoms with van der Waals surface area (Å²) in [4.78, 5) is 15.3. The van der Waals surface area contributed by atoms with Gasteiger partial charge in [0, 0.05) is 18.8 Å². The molecule has 1 heterocycles. The Morgan fingerprint density at radius 2 is 2.36 bits per heavy atom. The van der Waals surface area contributed by atoms with Crippen molar-refractivity contribution in [3.8, 4) is 0 Å². The Kier molecular flexibility index (Phi) is 2.35. The van der Waals surface area contributed by atoms with E-state index in [1.165, 1.54) is 0 Å². The lowest BCUT2D eigenvalue weighted by atomic mass is 10.2. The number of hydrogen-bond acceptors (Lipinski definition) is 3. The van der Waals surface area contributed by atoms with E-state index < -0.39 is 0 Å². The minimum atomic E-state index is 0.252. The van der Waals surface area contributed by atoms with Crippen LogP contribution in [-0.2, 0) is 4.79 Å². The van der Waals surface area contributed by atoms with E-state index in [0.29, 0.717) is 24.5 Å². The molecule has 76 valence electrons. The van der Waals surface area contributed by atoms with Crippen molar-refractivity contribution < 1.29 is 4.79 Å². The average molecular weight is 193 g/mol. The summed E-state index contributed by atoms with van der Waals surface area (Å²) in [6.45, 7) is 4.14. The number of ketones is 1. The van der Waals surface area contributed by atoms with Crippen LogP contribution in [-0.4, -0.2) is 20.5 Å². The molecule has 1 aliphatic rings. The molecule has 1 unspecified atom stereocenters. The number of carbonyl (C=O) groups is 1. The third kappa shape index (κ3) is 1.69. The van der Waals surface area contributed by atoms with Crippen LogP contribution in [0.2, 0.25) is 0 Å². The third-order valence-electron chi connectivity index (χ3n) is 2.64. The molecule has 1 aliphatic carbocycles. The first-order valence-corrected chi connectivity index (χ1v) is 5.09. The smallest absolute Gasteiger partial charge is 0.153 e. The van der Waals surface area contributed by atoms with Gasteiger partial charge in [0.2, 0.25) is 0 Å². The van der Waals surface area contributed by atoms with Gasteiger partial charge in [-0.3, -0.25) is 4.79 Å². The highest BCUT2D eigenvalue weighted by Gasteiger charge is 2.24. The van der Waals surface area contributed by atoms with Gasteiger partial charge in [-0.15, -0.1) is 0 Å². The van der Waals surface area contributed by atoms with Crippen LogP contribution in [0.15, 0.2) is 6.33 Å². The highest BCUT2D eigenvalue weighted by Crippen LogP contribution is 2.26. The molecule has 4 nitrogen and oxygen atoms in total. The fourth-order valence-electron chi connectivity index (χ4n) is 1.75. The lowest BCUT2D eigenvalue weighted by molar-refractivity contribution is -0.117. The minimum Gasteiger partial charge on any atom is -0.300 e. The summed E-state index contributed by atoms with van der Waals surface area (Å²) in [5.41, 5.74) is 0. The number of carbonyl (C=O) groups excluding carboxylic acids is 1. The molecule has 0 bridgehead atoms. The van der Waals surface area contributed by atoms with Gasteiger partial charge in [-0.2, -0.15) is 5.10 Å². The maximum absolute atomic E-state index is 11.1. The van der Waals surface area contributed by atoms with E-state index >= 15 is 0 Å². The van der Waals surface area contributed by atoms with Crippen LogP contribution in [0.3, 0.4) is 0 Å². The largest absolute Gasteiger partial charge is 0.300 e. The van der Waals surface area contributed by atoms with Crippen molar-refractivity contribution in [2.75, 3.05) is 0 Å². The number of nitrogens with zero attached hydrogens (tertiary/aromatic N) is 3. The molecule has 1 aromatic heterocycles. The van der Waals surface area contributed by atoms with Crippen LogP contribution in [0.5, 0.6) is 0 Å². The van der Waals surface area contributed by atoms with E-state index in [0.717, 1.165) is 12.2 Å². The molecule has 0 amide bonds. The van der Waals surface area contributed by atoms with Gasteiger partial charge < -0.3 is 0 Å². The zero-order chi connectivity index (χ0) is 10.1. The molecule has 1 saturated carbocycles. The molecule has 1 atom stereocenters. The summed E-state index contributed by atoms with van der Waals surface area (Å²) in [5, 5.41) is 4.38. The van der Waals surface area contributed by atoms with E-state index in [1.54, 1.807) is 6.33 Å². The molecular weight excluding hydrogens is 178 g/mol. The Hall–Kier alpha value is -1.19. The lowest BCUT2D eigenvalue weighted by Gasteiger charge is -2.06. The van der Waals surface area contributed by atoms with Gasteiger partial charge in [-0.25, -0.2) is 9.67 Å². The van der Waals surface area contributed by atoms with Crippen LogP contribution >= 0.6 is 0 Å². The Morgan fingerprint density at radius 3 is 2.86 bits per heavy atom. The standard InChI is InChI=1S/C10H15N3O/c1-7(2)10-11-6-13(12-10)8-3-4-9(14)5-8/h6-8H,3-5H2,1-2H3. The second-order valence-electron chi connectivity index (χ2n) is 4.17. The SMILES string of the molecule is CC(C)c1ncn(C2CCC(=O)C2)n1. The van der Waals surface area contributed by atoms with Crippen LogP contribution in [0.25, 0.3) is 0 Å². The van der Waals surface area contributed by atoms with Crippen LogP contribution in [0.1, 0.15) is 50.9 Å². The zero-order valence-corrected chi connectivity index (χ0v) is 8.60. The van der Waals surface area contributed by atoms with Crippen molar-refractivity contribution in [2.45, 2.75) is 45.1 Å². The van der Waals surface area contributed by atoms with Crippen molar-refractivity contribution in [1.29, 1.82) is 0 Å². The predicted octanol–water partition coefficient (Wildman–Crippen LogP) is 1.70. The van der Waals surface area contributed by atoms with Crippen LogP contribution in [0.4, 0.5) is 0 Å². The molecular formula is C10H15N3O. The summed E-state index contributed by atoms with van der Waals surface area (Å²) >= 11 is 0. The third-order valence-corrected chi connectivity index (χ3v) is 2.64.